The SMILES string of the molecule is CCOC(=O)CN(C)C(=O)Cc1c[nH]c2nccc(Cl)c12. The van der Waals surface area contributed by atoms with Crippen molar-refractivity contribution in [2.24, 2.45) is 0 Å². The Labute approximate surface area is 127 Å². The lowest BCUT2D eigenvalue weighted by molar-refractivity contribution is -0.147. The van der Waals surface area contributed by atoms with E-state index in [4.69, 9.17) is 16.3 Å². The summed E-state index contributed by atoms with van der Waals surface area (Å²) in [4.78, 5) is 32.0. The summed E-state index contributed by atoms with van der Waals surface area (Å²) in [5, 5.41) is 1.27. The van der Waals surface area contributed by atoms with E-state index in [0.29, 0.717) is 17.3 Å². The highest BCUT2D eigenvalue weighted by atomic mass is 35.5. The van der Waals surface area contributed by atoms with E-state index in [9.17, 15) is 9.59 Å². The number of H-pyrrole nitrogens is 1. The topological polar surface area (TPSA) is 75.3 Å². The number of hydrogen-bond donors (Lipinski definition) is 1. The number of likely N-dealkylation sites (N-methyl/N-ethyl adjacent to an activating group) is 1. The van der Waals surface area contributed by atoms with E-state index in [0.717, 1.165) is 10.9 Å². The minimum Gasteiger partial charge on any atom is -0.465 e. The maximum absolute atomic E-state index is 12.1. The van der Waals surface area contributed by atoms with Crippen LogP contribution in [-0.4, -0.2) is 46.9 Å². The number of carbonyl (C=O) groups is 2. The number of nitrogens with zero attached hydrogens (tertiary/aromatic N) is 2. The molecule has 1 amide bonds. The molecular formula is C14H16ClN3O3. The van der Waals surface area contributed by atoms with Gasteiger partial charge in [0.2, 0.25) is 5.91 Å². The van der Waals surface area contributed by atoms with Gasteiger partial charge in [-0.3, -0.25) is 9.59 Å². The van der Waals surface area contributed by atoms with E-state index in [1.165, 1.54) is 4.90 Å². The Hall–Kier alpha value is -2.08. The average molecular weight is 310 g/mol. The number of halogens is 1. The van der Waals surface area contributed by atoms with Crippen molar-refractivity contribution in [1.82, 2.24) is 14.9 Å². The van der Waals surface area contributed by atoms with Gasteiger partial charge < -0.3 is 14.6 Å². The number of aromatic nitrogens is 2. The average Bonchev–Trinajstić information content (AvgIpc) is 2.83. The van der Waals surface area contributed by atoms with Gasteiger partial charge in [0.15, 0.2) is 0 Å². The summed E-state index contributed by atoms with van der Waals surface area (Å²) in [6.45, 7) is 1.95. The number of hydrogen-bond acceptors (Lipinski definition) is 4. The molecule has 0 bridgehead atoms. The molecule has 0 aliphatic rings. The molecule has 0 spiro atoms. The molecule has 2 aromatic heterocycles. The summed E-state index contributed by atoms with van der Waals surface area (Å²) < 4.78 is 4.82. The first-order valence-corrected chi connectivity index (χ1v) is 6.90. The third-order valence-corrected chi connectivity index (χ3v) is 3.36. The smallest absolute Gasteiger partial charge is 0.325 e. The number of pyridine rings is 1. The first-order valence-electron chi connectivity index (χ1n) is 6.53. The van der Waals surface area contributed by atoms with Crippen molar-refractivity contribution in [3.05, 3.63) is 29.0 Å². The Bertz CT molecular complexity index is 669. The highest BCUT2D eigenvalue weighted by Crippen LogP contribution is 2.25. The molecule has 2 aromatic rings. The monoisotopic (exact) mass is 309 g/mol. The highest BCUT2D eigenvalue weighted by Gasteiger charge is 2.17. The molecule has 112 valence electrons. The van der Waals surface area contributed by atoms with Crippen LogP contribution in [0.5, 0.6) is 0 Å². The lowest BCUT2D eigenvalue weighted by Crippen LogP contribution is -2.34. The second-order valence-corrected chi connectivity index (χ2v) is 4.97. The van der Waals surface area contributed by atoms with Gasteiger partial charge in [-0.15, -0.1) is 0 Å². The van der Waals surface area contributed by atoms with Gasteiger partial charge in [-0.2, -0.15) is 0 Å². The van der Waals surface area contributed by atoms with Crippen LogP contribution in [0.2, 0.25) is 5.02 Å². The molecule has 0 aliphatic heterocycles. The van der Waals surface area contributed by atoms with E-state index >= 15 is 0 Å². The number of fused-ring (bicyclic) bond motifs is 1. The molecule has 0 atom stereocenters. The lowest BCUT2D eigenvalue weighted by Gasteiger charge is -2.15. The molecule has 0 unspecified atom stereocenters. The predicted octanol–water partition coefficient (Wildman–Crippen LogP) is 1.78. The summed E-state index contributed by atoms with van der Waals surface area (Å²) >= 11 is 6.13. The number of ether oxygens (including phenoxy) is 1. The van der Waals surface area contributed by atoms with Crippen LogP contribution in [-0.2, 0) is 20.7 Å². The number of esters is 1. The van der Waals surface area contributed by atoms with E-state index in [2.05, 4.69) is 9.97 Å². The summed E-state index contributed by atoms with van der Waals surface area (Å²) in [5.41, 5.74) is 1.39. The van der Waals surface area contributed by atoms with Gasteiger partial charge in [0.05, 0.1) is 18.1 Å². The van der Waals surface area contributed by atoms with Gasteiger partial charge in [0.25, 0.3) is 0 Å². The van der Waals surface area contributed by atoms with Crippen molar-refractivity contribution in [2.75, 3.05) is 20.2 Å². The second kappa shape index (κ2) is 6.58. The summed E-state index contributed by atoms with van der Waals surface area (Å²) in [6.07, 6.45) is 3.45. The van der Waals surface area contributed by atoms with E-state index < -0.39 is 5.97 Å². The fourth-order valence-corrected chi connectivity index (χ4v) is 2.27. The van der Waals surface area contributed by atoms with Crippen LogP contribution < -0.4 is 0 Å². The molecule has 0 fully saturated rings. The van der Waals surface area contributed by atoms with E-state index in [1.54, 1.807) is 32.4 Å². The molecule has 2 heterocycles. The Morgan fingerprint density at radius 1 is 1.48 bits per heavy atom. The molecule has 6 nitrogen and oxygen atoms in total. The number of amides is 1. The Kier molecular flexibility index (Phi) is 4.80. The van der Waals surface area contributed by atoms with Crippen LogP contribution in [0.1, 0.15) is 12.5 Å². The Morgan fingerprint density at radius 3 is 2.95 bits per heavy atom. The van der Waals surface area contributed by atoms with Crippen LogP contribution in [0.4, 0.5) is 0 Å². The minimum absolute atomic E-state index is 0.0684. The van der Waals surface area contributed by atoms with Crippen molar-refractivity contribution in [3.63, 3.8) is 0 Å². The zero-order valence-electron chi connectivity index (χ0n) is 11.9. The molecule has 0 aromatic carbocycles. The number of nitrogens with one attached hydrogen (secondary N) is 1. The van der Waals surface area contributed by atoms with Crippen LogP contribution in [0, 0.1) is 0 Å². The van der Waals surface area contributed by atoms with E-state index in [1.807, 2.05) is 0 Å². The van der Waals surface area contributed by atoms with Crippen LogP contribution >= 0.6 is 11.6 Å². The summed E-state index contributed by atoms with van der Waals surface area (Å²) in [6, 6.07) is 1.67. The number of carbonyl (C=O) groups excluding carboxylic acids is 2. The number of aromatic amines is 1. The minimum atomic E-state index is -0.424. The van der Waals surface area contributed by atoms with Crippen LogP contribution in [0.15, 0.2) is 18.5 Å². The van der Waals surface area contributed by atoms with Crippen molar-refractivity contribution in [2.45, 2.75) is 13.3 Å². The molecule has 1 N–H and O–H groups in total. The second-order valence-electron chi connectivity index (χ2n) is 4.56. The molecule has 21 heavy (non-hydrogen) atoms. The van der Waals surface area contributed by atoms with E-state index in [-0.39, 0.29) is 18.9 Å². The fourth-order valence-electron chi connectivity index (χ4n) is 2.01. The molecule has 0 saturated heterocycles. The third kappa shape index (κ3) is 3.52. The van der Waals surface area contributed by atoms with Crippen molar-refractivity contribution < 1.29 is 14.3 Å². The number of rotatable bonds is 5. The molecule has 7 heteroatoms. The zero-order chi connectivity index (χ0) is 15.4. The van der Waals surface area contributed by atoms with Gasteiger partial charge in [-0.25, -0.2) is 4.98 Å². The van der Waals surface area contributed by atoms with Gasteiger partial charge >= 0.3 is 5.97 Å². The normalized spacial score (nSPS) is 10.6. The highest BCUT2D eigenvalue weighted by molar-refractivity contribution is 6.35. The first kappa shape index (κ1) is 15.3. The summed E-state index contributed by atoms with van der Waals surface area (Å²) in [5.74, 6) is -0.615. The zero-order valence-corrected chi connectivity index (χ0v) is 12.6. The molecule has 0 radical (unpaired) electrons. The maximum atomic E-state index is 12.1. The lowest BCUT2D eigenvalue weighted by atomic mass is 10.1. The van der Waals surface area contributed by atoms with Gasteiger partial charge in [-0.1, -0.05) is 11.6 Å². The van der Waals surface area contributed by atoms with Crippen LogP contribution in [0.25, 0.3) is 11.0 Å². The van der Waals surface area contributed by atoms with Crippen LogP contribution in [0.3, 0.4) is 0 Å². The Morgan fingerprint density at radius 2 is 2.24 bits per heavy atom. The standard InChI is InChI=1S/C14H16ClN3O3/c1-3-21-12(20)8-18(2)11(19)6-9-7-17-14-13(9)10(15)4-5-16-14/h4-5,7H,3,6,8H2,1-2H3,(H,16,17). The van der Waals surface area contributed by atoms with Gasteiger partial charge in [0.1, 0.15) is 12.2 Å². The summed E-state index contributed by atoms with van der Waals surface area (Å²) in [7, 11) is 1.56. The quantitative estimate of drug-likeness (QED) is 0.854. The molecule has 2 rings (SSSR count). The van der Waals surface area contributed by atoms with Crippen molar-refractivity contribution in [1.29, 1.82) is 0 Å². The predicted molar refractivity (Wildman–Crippen MR) is 79.1 cm³/mol. The van der Waals surface area contributed by atoms with Crippen molar-refractivity contribution in [3.8, 4) is 0 Å². The fraction of sp³-hybridized carbons (Fsp3) is 0.357. The van der Waals surface area contributed by atoms with Gasteiger partial charge in [0, 0.05) is 24.8 Å². The first-order chi connectivity index (χ1) is 10.0. The third-order valence-electron chi connectivity index (χ3n) is 3.04. The maximum Gasteiger partial charge on any atom is 0.325 e. The van der Waals surface area contributed by atoms with Gasteiger partial charge in [-0.05, 0) is 18.6 Å². The molecular weight excluding hydrogens is 294 g/mol. The van der Waals surface area contributed by atoms with Crippen molar-refractivity contribution >= 4 is 34.5 Å². The largest absolute Gasteiger partial charge is 0.465 e. The molecule has 0 saturated carbocycles. The molecule has 0 aliphatic carbocycles. The Balaban J connectivity index is 2.09.